The lowest BCUT2D eigenvalue weighted by Crippen LogP contribution is -2.30. The van der Waals surface area contributed by atoms with Gasteiger partial charge in [-0.2, -0.15) is 0 Å². The van der Waals surface area contributed by atoms with Gasteiger partial charge >= 0.3 is 39.5 Å². The highest BCUT2D eigenvalue weighted by atomic mass is 31.2. The molecule has 3 N–H and O–H groups in total. The molecule has 0 saturated carbocycles. The SMILES string of the molecule is CC/C=C\C/C=C\C/C=C\C/C=C\C/C=C\CCCCCC(=O)O[C@H](COC(=O)CC/C=C\C/C=C\C/C=C\C/C=C\C/C=C\CCCCC)COP(=O)(O)OC[C@@H](O)COP(=O)(O)OC[C@@H](COC(=O)CCCCCCCCC/C=C\CCCCCC)OC(=O)CCCCCCC/C=C\CCCCCCCC. The van der Waals surface area contributed by atoms with Crippen LogP contribution in [0.4, 0.5) is 0 Å². The Hall–Kier alpha value is -5.06. The summed E-state index contributed by atoms with van der Waals surface area (Å²) in [4.78, 5) is 73.1. The summed E-state index contributed by atoms with van der Waals surface area (Å²) in [6.45, 7) is 4.61. The van der Waals surface area contributed by atoms with Crippen LogP contribution in [0.2, 0.25) is 0 Å². The second-order valence-corrected chi connectivity index (χ2v) is 30.6. The van der Waals surface area contributed by atoms with Crippen LogP contribution in [0.15, 0.2) is 146 Å². The summed E-state index contributed by atoms with van der Waals surface area (Å²) in [6, 6.07) is 0. The van der Waals surface area contributed by atoms with E-state index in [-0.39, 0.29) is 25.7 Å². The Labute approximate surface area is 656 Å². The normalized spacial score (nSPS) is 14.5. The van der Waals surface area contributed by atoms with E-state index in [1.54, 1.807) is 0 Å². The number of rotatable bonds is 78. The summed E-state index contributed by atoms with van der Waals surface area (Å²) in [7, 11) is -10.0. The molecule has 0 saturated heterocycles. The van der Waals surface area contributed by atoms with Crippen LogP contribution < -0.4 is 0 Å². The highest BCUT2D eigenvalue weighted by molar-refractivity contribution is 7.47. The molecular formula is C89H150O17P2. The van der Waals surface area contributed by atoms with E-state index in [9.17, 15) is 43.2 Å². The zero-order chi connectivity index (χ0) is 78.9. The Kier molecular flexibility index (Phi) is 76.3. The van der Waals surface area contributed by atoms with Crippen LogP contribution in [-0.2, 0) is 65.4 Å². The number of aliphatic hydroxyl groups excluding tert-OH is 1. The maximum absolute atomic E-state index is 13.1. The number of aliphatic hydroxyl groups is 1. The molecule has 618 valence electrons. The van der Waals surface area contributed by atoms with Crippen LogP contribution in [0.1, 0.15) is 336 Å². The van der Waals surface area contributed by atoms with Gasteiger partial charge in [-0.3, -0.25) is 37.3 Å². The largest absolute Gasteiger partial charge is 0.472 e. The molecule has 0 amide bonds. The van der Waals surface area contributed by atoms with E-state index in [0.29, 0.717) is 32.1 Å². The number of carbonyl (C=O) groups is 4. The number of carbonyl (C=O) groups excluding carboxylic acids is 4. The van der Waals surface area contributed by atoms with Gasteiger partial charge in [-0.15, -0.1) is 0 Å². The minimum absolute atomic E-state index is 0.0260. The minimum atomic E-state index is -5.01. The number of hydrogen-bond donors (Lipinski definition) is 3. The van der Waals surface area contributed by atoms with Crippen molar-refractivity contribution < 1.29 is 80.2 Å². The number of phosphoric acid groups is 2. The maximum Gasteiger partial charge on any atom is 0.472 e. The third-order valence-corrected chi connectivity index (χ3v) is 19.2. The van der Waals surface area contributed by atoms with E-state index in [1.165, 1.54) is 96.3 Å². The Morgan fingerprint density at radius 3 is 0.843 bits per heavy atom. The molecule has 0 aromatic heterocycles. The van der Waals surface area contributed by atoms with Crippen molar-refractivity contribution in [2.45, 2.75) is 354 Å². The van der Waals surface area contributed by atoms with Gasteiger partial charge in [-0.1, -0.05) is 296 Å². The third-order valence-electron chi connectivity index (χ3n) is 17.3. The summed E-state index contributed by atoms with van der Waals surface area (Å²) < 4.78 is 68.6. The molecule has 19 heteroatoms. The molecule has 17 nitrogen and oxygen atoms in total. The fourth-order valence-corrected chi connectivity index (χ4v) is 12.4. The molecular weight excluding hydrogens is 1400 g/mol. The van der Waals surface area contributed by atoms with Crippen LogP contribution in [0.5, 0.6) is 0 Å². The molecule has 108 heavy (non-hydrogen) atoms. The summed E-state index contributed by atoms with van der Waals surface area (Å²) in [5, 5.41) is 10.7. The summed E-state index contributed by atoms with van der Waals surface area (Å²) in [5.41, 5.74) is 0. The molecule has 5 atom stereocenters. The van der Waals surface area contributed by atoms with E-state index in [4.69, 9.17) is 37.0 Å². The molecule has 0 aliphatic rings. The number of ether oxygens (including phenoxy) is 4. The van der Waals surface area contributed by atoms with Crippen molar-refractivity contribution >= 4 is 39.5 Å². The molecule has 0 aliphatic carbocycles. The van der Waals surface area contributed by atoms with Gasteiger partial charge in [0.05, 0.1) is 26.4 Å². The van der Waals surface area contributed by atoms with E-state index in [1.807, 2.05) is 18.2 Å². The maximum atomic E-state index is 13.1. The third kappa shape index (κ3) is 79.0. The van der Waals surface area contributed by atoms with Gasteiger partial charge in [0, 0.05) is 25.7 Å². The average Bonchev–Trinajstić information content (AvgIpc) is 0.900. The van der Waals surface area contributed by atoms with Crippen molar-refractivity contribution in [1.29, 1.82) is 0 Å². The monoisotopic (exact) mass is 1550 g/mol. The zero-order valence-electron chi connectivity index (χ0n) is 67.7. The Bertz CT molecular complexity index is 2610. The van der Waals surface area contributed by atoms with Gasteiger partial charge in [-0.25, -0.2) is 9.13 Å². The molecule has 0 aromatic carbocycles. The van der Waals surface area contributed by atoms with Crippen molar-refractivity contribution in [2.75, 3.05) is 39.6 Å². The lowest BCUT2D eigenvalue weighted by Gasteiger charge is -2.21. The molecule has 0 spiro atoms. The Balaban J connectivity index is 5.49. The van der Waals surface area contributed by atoms with E-state index in [0.717, 1.165) is 154 Å². The van der Waals surface area contributed by atoms with E-state index < -0.39 is 97.5 Å². The van der Waals surface area contributed by atoms with Crippen LogP contribution in [0, 0.1) is 0 Å². The summed E-state index contributed by atoms with van der Waals surface area (Å²) in [6.07, 6.45) is 92.5. The average molecular weight is 1550 g/mol. The lowest BCUT2D eigenvalue weighted by molar-refractivity contribution is -0.161. The molecule has 0 rings (SSSR count). The van der Waals surface area contributed by atoms with Gasteiger partial charge < -0.3 is 33.8 Å². The highest BCUT2D eigenvalue weighted by Gasteiger charge is 2.30. The van der Waals surface area contributed by atoms with Crippen LogP contribution >= 0.6 is 15.6 Å². The lowest BCUT2D eigenvalue weighted by atomic mass is 10.1. The number of unbranched alkanes of at least 4 members (excludes halogenated alkanes) is 28. The molecule has 0 bridgehead atoms. The van der Waals surface area contributed by atoms with Crippen molar-refractivity contribution in [3.8, 4) is 0 Å². The fourth-order valence-electron chi connectivity index (χ4n) is 10.9. The van der Waals surface area contributed by atoms with Gasteiger partial charge in [0.1, 0.15) is 19.3 Å². The van der Waals surface area contributed by atoms with Crippen LogP contribution in [0.3, 0.4) is 0 Å². The number of esters is 4. The first-order valence-electron chi connectivity index (χ1n) is 42.1. The quantitative estimate of drug-likeness (QED) is 0.0169. The number of phosphoric ester groups is 2. The van der Waals surface area contributed by atoms with Crippen molar-refractivity contribution in [3.05, 3.63) is 146 Å². The smallest absolute Gasteiger partial charge is 0.462 e. The molecule has 0 aliphatic heterocycles. The molecule has 0 heterocycles. The standard InChI is InChI=1S/C89H150O17P2/c1-5-9-13-17-21-25-29-33-37-39-41-43-47-50-54-58-62-66-70-74-87(92)100-80-85(106-89(94)76-72-68-64-60-56-52-48-44-42-40-38-34-30-26-22-18-14-10-6-2)82-104-108(97,98)102-78-83(90)77-101-107(95,96)103-81-84(105-88(93)75-71-67-63-59-55-51-46-36-32-28-24-20-16-12-8-4)79-99-86(91)73-69-65-61-57-53-49-45-35-31-27-23-19-15-11-7-3/h10,14,21-22,25-27,31,33-34,36-38,41-44,46,50,52,54,56,62,66,83-85,90H,5-9,11-13,15-20,23-24,28-30,32,35,39-40,45,47-49,51,53,55,57-61,63-65,67-82H2,1-4H3,(H,95,96)(H,97,98)/b14-10-,25-21-,26-22-,31-27-,37-33-,38-34-,43-41-,44-42-,46-36-,54-50-,56-52-,66-62-/t83-,84+,85+/m0/s1. The molecule has 0 aromatic rings. The fraction of sp³-hybridized carbons (Fsp3) is 0.685. The van der Waals surface area contributed by atoms with Gasteiger partial charge in [0.15, 0.2) is 12.2 Å². The zero-order valence-corrected chi connectivity index (χ0v) is 69.5. The van der Waals surface area contributed by atoms with Crippen LogP contribution in [0.25, 0.3) is 0 Å². The first-order chi connectivity index (χ1) is 52.7. The van der Waals surface area contributed by atoms with Gasteiger partial charge in [-0.05, 0) is 161 Å². The number of allylic oxidation sites excluding steroid dienone is 24. The molecule has 0 fully saturated rings. The summed E-state index contributed by atoms with van der Waals surface area (Å²) >= 11 is 0. The van der Waals surface area contributed by atoms with Crippen molar-refractivity contribution in [3.63, 3.8) is 0 Å². The Morgan fingerprint density at radius 1 is 0.269 bits per heavy atom. The van der Waals surface area contributed by atoms with Crippen molar-refractivity contribution in [1.82, 2.24) is 0 Å². The van der Waals surface area contributed by atoms with Crippen molar-refractivity contribution in [2.24, 2.45) is 0 Å². The highest BCUT2D eigenvalue weighted by Crippen LogP contribution is 2.45. The van der Waals surface area contributed by atoms with E-state index in [2.05, 4.69) is 155 Å². The first kappa shape index (κ1) is 103. The summed E-state index contributed by atoms with van der Waals surface area (Å²) in [5.74, 6) is -2.32. The minimum Gasteiger partial charge on any atom is -0.462 e. The second kappa shape index (κ2) is 80.0. The Morgan fingerprint density at radius 2 is 0.500 bits per heavy atom. The molecule has 2 unspecified atom stereocenters. The predicted molar refractivity (Wildman–Crippen MR) is 445 cm³/mol. The predicted octanol–water partition coefficient (Wildman–Crippen LogP) is 25.0. The van der Waals surface area contributed by atoms with Crippen LogP contribution in [-0.4, -0.2) is 96.7 Å². The van der Waals surface area contributed by atoms with Gasteiger partial charge in [0.25, 0.3) is 0 Å². The number of hydrogen-bond acceptors (Lipinski definition) is 15. The first-order valence-corrected chi connectivity index (χ1v) is 45.1. The second-order valence-electron chi connectivity index (χ2n) is 27.7. The topological polar surface area (TPSA) is 237 Å². The van der Waals surface area contributed by atoms with Gasteiger partial charge in [0.2, 0.25) is 0 Å². The van der Waals surface area contributed by atoms with E-state index >= 15 is 0 Å². The molecule has 0 radical (unpaired) electrons.